The molecule has 1 fully saturated rings. The number of hydrogen-bond donors (Lipinski definition) is 2. The number of halogens is 4. The summed E-state index contributed by atoms with van der Waals surface area (Å²) in [5, 5.41) is 2.62. The third-order valence-electron chi connectivity index (χ3n) is 5.47. The predicted octanol–water partition coefficient (Wildman–Crippen LogP) is 2.32. The first-order valence-corrected chi connectivity index (χ1v) is 10.9. The van der Waals surface area contributed by atoms with Crippen LogP contribution in [0.25, 0.3) is 0 Å². The Labute approximate surface area is 203 Å². The van der Waals surface area contributed by atoms with E-state index in [1.165, 1.54) is 34.1 Å². The zero-order chi connectivity index (χ0) is 25.8. The van der Waals surface area contributed by atoms with Crippen LogP contribution < -0.4 is 11.1 Å². The fraction of sp³-hybridized carbons (Fsp3) is 0.304. The number of nitrogens with two attached hydrogens (primary N) is 1. The summed E-state index contributed by atoms with van der Waals surface area (Å²) in [4.78, 5) is 52.4. The molecule has 1 atom stereocenters. The van der Waals surface area contributed by atoms with Crippen LogP contribution in [0.15, 0.2) is 48.5 Å². The van der Waals surface area contributed by atoms with Crippen molar-refractivity contribution in [2.75, 3.05) is 26.2 Å². The van der Waals surface area contributed by atoms with Gasteiger partial charge in [-0.15, -0.1) is 0 Å². The van der Waals surface area contributed by atoms with Gasteiger partial charge in [-0.3, -0.25) is 19.2 Å². The van der Waals surface area contributed by atoms with E-state index in [-0.39, 0.29) is 36.8 Å². The summed E-state index contributed by atoms with van der Waals surface area (Å²) in [6, 6.07) is 9.37. The van der Waals surface area contributed by atoms with Crippen LogP contribution in [0.4, 0.5) is 13.2 Å². The van der Waals surface area contributed by atoms with Crippen LogP contribution in [0.2, 0.25) is 5.02 Å². The lowest BCUT2D eigenvalue weighted by Crippen LogP contribution is -2.56. The number of nitrogens with one attached hydrogen (secondary N) is 1. The van der Waals surface area contributed by atoms with Gasteiger partial charge in [0, 0.05) is 26.2 Å². The maximum absolute atomic E-state index is 13.3. The number of carbonyl (C=O) groups is 4. The summed E-state index contributed by atoms with van der Waals surface area (Å²) in [5.41, 5.74) is 3.85. The van der Waals surface area contributed by atoms with E-state index in [1.54, 1.807) is 12.1 Å². The van der Waals surface area contributed by atoms with Gasteiger partial charge in [0.2, 0.25) is 11.8 Å². The van der Waals surface area contributed by atoms with Gasteiger partial charge in [0.15, 0.2) is 0 Å². The average molecular weight is 511 g/mol. The molecule has 12 heteroatoms. The Balaban J connectivity index is 1.68. The molecule has 8 nitrogen and oxygen atoms in total. The Bertz CT molecular complexity index is 1130. The topological polar surface area (TPSA) is 113 Å². The Hall–Kier alpha value is -3.60. The molecule has 3 N–H and O–H groups in total. The van der Waals surface area contributed by atoms with Crippen LogP contribution in [-0.2, 0) is 15.8 Å². The molecule has 1 heterocycles. The fourth-order valence-electron chi connectivity index (χ4n) is 3.72. The maximum Gasteiger partial charge on any atom is 0.417 e. The quantitative estimate of drug-likeness (QED) is 0.621. The number of carbonyl (C=O) groups excluding carboxylic acids is 4. The number of alkyl halides is 3. The van der Waals surface area contributed by atoms with Gasteiger partial charge < -0.3 is 20.9 Å². The highest BCUT2D eigenvalue weighted by Crippen LogP contribution is 2.32. The Morgan fingerprint density at radius 1 is 0.914 bits per heavy atom. The fourth-order valence-corrected chi connectivity index (χ4v) is 3.94. The second-order valence-corrected chi connectivity index (χ2v) is 8.24. The largest absolute Gasteiger partial charge is 0.417 e. The minimum Gasteiger partial charge on any atom is -0.370 e. The molecule has 0 aromatic heterocycles. The molecule has 186 valence electrons. The van der Waals surface area contributed by atoms with Crippen molar-refractivity contribution in [1.82, 2.24) is 15.1 Å². The average Bonchev–Trinajstić information content (AvgIpc) is 2.82. The van der Waals surface area contributed by atoms with Crippen molar-refractivity contribution in [1.29, 1.82) is 0 Å². The molecule has 1 aliphatic heterocycles. The highest BCUT2D eigenvalue weighted by molar-refractivity contribution is 6.33. The summed E-state index contributed by atoms with van der Waals surface area (Å²) in [5.74, 6) is -2.90. The summed E-state index contributed by atoms with van der Waals surface area (Å²) < 4.78 is 39.9. The first-order valence-electron chi connectivity index (χ1n) is 10.6. The van der Waals surface area contributed by atoms with Crippen molar-refractivity contribution in [2.45, 2.75) is 18.6 Å². The monoisotopic (exact) mass is 510 g/mol. The van der Waals surface area contributed by atoms with Crippen LogP contribution in [0, 0.1) is 0 Å². The van der Waals surface area contributed by atoms with Gasteiger partial charge in [0.05, 0.1) is 28.1 Å². The van der Waals surface area contributed by atoms with Crippen molar-refractivity contribution in [3.05, 3.63) is 70.2 Å². The van der Waals surface area contributed by atoms with E-state index in [2.05, 4.69) is 5.32 Å². The minimum absolute atomic E-state index is 0.00398. The SMILES string of the molecule is NC(=O)CC(NC(=O)c1ccccc1Cl)C(=O)N1CCN(C(=O)c2ccccc2C(F)(F)F)CC1. The van der Waals surface area contributed by atoms with Crippen molar-refractivity contribution in [2.24, 2.45) is 5.73 Å². The zero-order valence-corrected chi connectivity index (χ0v) is 19.1. The lowest BCUT2D eigenvalue weighted by Gasteiger charge is -2.36. The molecule has 2 aromatic rings. The molecule has 1 aliphatic rings. The Morgan fingerprint density at radius 2 is 1.46 bits per heavy atom. The van der Waals surface area contributed by atoms with Gasteiger partial charge in [0.1, 0.15) is 6.04 Å². The van der Waals surface area contributed by atoms with Gasteiger partial charge in [0.25, 0.3) is 11.8 Å². The van der Waals surface area contributed by atoms with E-state index < -0.39 is 53.4 Å². The summed E-state index contributed by atoms with van der Waals surface area (Å²) in [6.07, 6.45) is -5.15. The van der Waals surface area contributed by atoms with E-state index in [1.807, 2.05) is 0 Å². The Kier molecular flexibility index (Phi) is 8.00. The normalized spacial score (nSPS) is 14.9. The summed E-state index contributed by atoms with van der Waals surface area (Å²) in [6.45, 7) is -0.0665. The minimum atomic E-state index is -4.69. The molecule has 0 bridgehead atoms. The molecule has 0 saturated carbocycles. The molecule has 1 unspecified atom stereocenters. The van der Waals surface area contributed by atoms with Crippen LogP contribution in [0.5, 0.6) is 0 Å². The smallest absolute Gasteiger partial charge is 0.370 e. The van der Waals surface area contributed by atoms with Gasteiger partial charge in [-0.05, 0) is 24.3 Å². The number of rotatable bonds is 6. The first kappa shape index (κ1) is 26.0. The zero-order valence-electron chi connectivity index (χ0n) is 18.3. The highest BCUT2D eigenvalue weighted by Gasteiger charge is 2.37. The van der Waals surface area contributed by atoms with E-state index in [0.29, 0.717) is 0 Å². The summed E-state index contributed by atoms with van der Waals surface area (Å²) >= 11 is 6.02. The second kappa shape index (κ2) is 10.8. The molecule has 1 saturated heterocycles. The standard InChI is InChI=1S/C23H22ClF3N4O4/c24-17-8-4-2-6-15(17)20(33)29-18(13-19(28)32)22(35)31-11-9-30(10-12-31)21(34)14-5-1-3-7-16(14)23(25,26)27/h1-8,18H,9-13H2,(H2,28,32)(H,29,33). The molecule has 35 heavy (non-hydrogen) atoms. The predicted molar refractivity (Wildman–Crippen MR) is 120 cm³/mol. The lowest BCUT2D eigenvalue weighted by molar-refractivity contribution is -0.138. The molecular weight excluding hydrogens is 489 g/mol. The molecule has 0 radical (unpaired) electrons. The number of nitrogens with zero attached hydrogens (tertiary/aromatic N) is 2. The van der Waals surface area contributed by atoms with Gasteiger partial charge in [-0.25, -0.2) is 0 Å². The van der Waals surface area contributed by atoms with E-state index >= 15 is 0 Å². The van der Waals surface area contributed by atoms with Crippen LogP contribution in [0.1, 0.15) is 32.7 Å². The van der Waals surface area contributed by atoms with Crippen molar-refractivity contribution >= 4 is 35.2 Å². The Morgan fingerprint density at radius 3 is 2.03 bits per heavy atom. The van der Waals surface area contributed by atoms with Gasteiger partial charge in [-0.1, -0.05) is 35.9 Å². The molecule has 0 aliphatic carbocycles. The van der Waals surface area contributed by atoms with Crippen molar-refractivity contribution in [3.63, 3.8) is 0 Å². The summed E-state index contributed by atoms with van der Waals surface area (Å²) in [7, 11) is 0. The third kappa shape index (κ3) is 6.30. The second-order valence-electron chi connectivity index (χ2n) is 7.84. The van der Waals surface area contributed by atoms with Gasteiger partial charge >= 0.3 is 6.18 Å². The van der Waals surface area contributed by atoms with Crippen molar-refractivity contribution in [3.8, 4) is 0 Å². The lowest BCUT2D eigenvalue weighted by atomic mass is 10.1. The molecule has 2 aromatic carbocycles. The third-order valence-corrected chi connectivity index (χ3v) is 5.80. The molecule has 3 rings (SSSR count). The van der Waals surface area contributed by atoms with Crippen LogP contribution in [-0.4, -0.2) is 65.6 Å². The number of benzene rings is 2. The number of piperazine rings is 1. The number of hydrogen-bond acceptors (Lipinski definition) is 4. The van der Waals surface area contributed by atoms with Crippen LogP contribution in [0.3, 0.4) is 0 Å². The molecule has 0 spiro atoms. The van der Waals surface area contributed by atoms with Gasteiger partial charge in [-0.2, -0.15) is 13.2 Å². The van der Waals surface area contributed by atoms with Crippen molar-refractivity contribution < 1.29 is 32.3 Å². The molecular formula is C23H22ClF3N4O4. The maximum atomic E-state index is 13.3. The molecule has 4 amide bonds. The van der Waals surface area contributed by atoms with Crippen LogP contribution >= 0.6 is 11.6 Å². The first-order chi connectivity index (χ1) is 16.5. The van der Waals surface area contributed by atoms with E-state index in [4.69, 9.17) is 17.3 Å². The highest BCUT2D eigenvalue weighted by atomic mass is 35.5. The van der Waals surface area contributed by atoms with E-state index in [0.717, 1.165) is 12.1 Å². The number of amides is 4. The number of primary amides is 1. The van der Waals surface area contributed by atoms with E-state index in [9.17, 15) is 32.3 Å².